The molecule has 8 heteroatoms. The second-order valence-corrected chi connectivity index (χ2v) is 8.20. The van der Waals surface area contributed by atoms with Crippen molar-refractivity contribution in [1.82, 2.24) is 24.7 Å². The molecule has 2 N–H and O–H groups in total. The first-order chi connectivity index (χ1) is 14.5. The Labute approximate surface area is 179 Å². The van der Waals surface area contributed by atoms with E-state index in [2.05, 4.69) is 25.5 Å². The number of rotatable bonds is 7. The summed E-state index contributed by atoms with van der Waals surface area (Å²) < 4.78 is 1.94. The summed E-state index contributed by atoms with van der Waals surface area (Å²) in [4.78, 5) is 20.3. The third-order valence-electron chi connectivity index (χ3n) is 5.03. The molecule has 154 valence electrons. The molecule has 0 unspecified atom stereocenters. The summed E-state index contributed by atoms with van der Waals surface area (Å²) in [7, 11) is 1.93. The van der Waals surface area contributed by atoms with Crippen LogP contribution in [0, 0.1) is 13.8 Å². The van der Waals surface area contributed by atoms with Gasteiger partial charge in [-0.2, -0.15) is 0 Å². The van der Waals surface area contributed by atoms with Crippen molar-refractivity contribution in [3.8, 4) is 0 Å². The third-order valence-corrected chi connectivity index (χ3v) is 6.05. The molecule has 0 fully saturated rings. The van der Waals surface area contributed by atoms with Crippen molar-refractivity contribution in [2.75, 3.05) is 11.1 Å². The van der Waals surface area contributed by atoms with Crippen LogP contribution in [0.1, 0.15) is 22.8 Å². The van der Waals surface area contributed by atoms with Crippen LogP contribution in [0.3, 0.4) is 0 Å². The maximum atomic E-state index is 12.4. The molecule has 1 amide bonds. The summed E-state index contributed by atoms with van der Waals surface area (Å²) in [5.41, 5.74) is 5.00. The fourth-order valence-electron chi connectivity index (χ4n) is 3.36. The highest BCUT2D eigenvalue weighted by Gasteiger charge is 2.13. The van der Waals surface area contributed by atoms with E-state index in [9.17, 15) is 4.79 Å². The van der Waals surface area contributed by atoms with Crippen molar-refractivity contribution in [2.45, 2.75) is 31.8 Å². The number of benzene rings is 2. The first-order valence-corrected chi connectivity index (χ1v) is 10.8. The van der Waals surface area contributed by atoms with E-state index in [-0.39, 0.29) is 11.7 Å². The van der Waals surface area contributed by atoms with Crippen molar-refractivity contribution in [3.05, 3.63) is 65.2 Å². The van der Waals surface area contributed by atoms with E-state index in [4.69, 9.17) is 0 Å². The Balaban J connectivity index is 1.34. The Hall–Kier alpha value is -3.13. The maximum absolute atomic E-state index is 12.4. The molecular formula is C22H24N6OS. The SMILES string of the molecule is Cc1cccc(C)c1NC(=O)CSc1nnc(CCc2nc3ccccc3[nH]2)n1C. The summed E-state index contributed by atoms with van der Waals surface area (Å²) in [5, 5.41) is 12.3. The third kappa shape index (κ3) is 4.38. The number of H-pyrrole nitrogens is 1. The number of amides is 1. The fourth-order valence-corrected chi connectivity index (χ4v) is 4.09. The van der Waals surface area contributed by atoms with Gasteiger partial charge in [0, 0.05) is 25.6 Å². The van der Waals surface area contributed by atoms with Crippen LogP contribution < -0.4 is 5.32 Å². The standard InChI is InChI=1S/C22H24N6OS/c1-14-7-6-8-15(2)21(14)25-20(29)13-30-22-27-26-19(28(22)3)12-11-18-23-16-9-4-5-10-17(16)24-18/h4-10H,11-13H2,1-3H3,(H,23,24)(H,25,29). The summed E-state index contributed by atoms with van der Waals surface area (Å²) in [5.74, 6) is 2.03. The molecule has 4 rings (SSSR count). The molecule has 0 bridgehead atoms. The van der Waals surface area contributed by atoms with Crippen molar-refractivity contribution in [3.63, 3.8) is 0 Å². The second kappa shape index (κ2) is 8.71. The lowest BCUT2D eigenvalue weighted by Gasteiger charge is -2.11. The quantitative estimate of drug-likeness (QED) is 0.444. The Morgan fingerprint density at radius 3 is 2.60 bits per heavy atom. The molecule has 0 aliphatic heterocycles. The van der Waals surface area contributed by atoms with Crippen LogP contribution in [0.25, 0.3) is 11.0 Å². The van der Waals surface area contributed by atoms with E-state index in [1.165, 1.54) is 11.8 Å². The molecule has 30 heavy (non-hydrogen) atoms. The van der Waals surface area contributed by atoms with Gasteiger partial charge in [0.2, 0.25) is 5.91 Å². The zero-order valence-electron chi connectivity index (χ0n) is 17.3. The highest BCUT2D eigenvalue weighted by molar-refractivity contribution is 7.99. The first-order valence-electron chi connectivity index (χ1n) is 9.82. The number of fused-ring (bicyclic) bond motifs is 1. The van der Waals surface area contributed by atoms with Crippen molar-refractivity contribution in [2.24, 2.45) is 7.05 Å². The van der Waals surface area contributed by atoms with Gasteiger partial charge in [-0.3, -0.25) is 4.79 Å². The van der Waals surface area contributed by atoms with Gasteiger partial charge in [0.05, 0.1) is 16.8 Å². The van der Waals surface area contributed by atoms with Gasteiger partial charge in [0.15, 0.2) is 5.16 Å². The minimum Gasteiger partial charge on any atom is -0.342 e. The van der Waals surface area contributed by atoms with Crippen LogP contribution in [0.2, 0.25) is 0 Å². The van der Waals surface area contributed by atoms with Crippen LogP contribution in [0.5, 0.6) is 0 Å². The predicted octanol–water partition coefficient (Wildman–Crippen LogP) is 3.82. The number of aromatic amines is 1. The molecule has 2 heterocycles. The fraction of sp³-hybridized carbons (Fsp3) is 0.273. The molecule has 4 aromatic rings. The molecule has 0 aliphatic carbocycles. The van der Waals surface area contributed by atoms with Crippen molar-refractivity contribution in [1.29, 1.82) is 0 Å². The van der Waals surface area contributed by atoms with Crippen LogP contribution in [-0.2, 0) is 24.7 Å². The number of imidazole rings is 1. The number of carbonyl (C=O) groups excluding carboxylic acids is 1. The average Bonchev–Trinajstić information content (AvgIpc) is 3.30. The lowest BCUT2D eigenvalue weighted by atomic mass is 10.1. The number of hydrogen-bond donors (Lipinski definition) is 2. The number of anilines is 1. The van der Waals surface area contributed by atoms with Crippen LogP contribution in [-0.4, -0.2) is 36.4 Å². The van der Waals surface area contributed by atoms with Crippen LogP contribution >= 0.6 is 11.8 Å². The number of nitrogens with zero attached hydrogens (tertiary/aromatic N) is 4. The highest BCUT2D eigenvalue weighted by atomic mass is 32.2. The molecule has 0 spiro atoms. The number of aryl methyl sites for hydroxylation is 4. The molecule has 0 atom stereocenters. The molecule has 2 aromatic heterocycles. The number of carbonyl (C=O) groups is 1. The molecule has 2 aromatic carbocycles. The van der Waals surface area contributed by atoms with Gasteiger partial charge in [-0.25, -0.2) is 4.98 Å². The predicted molar refractivity (Wildman–Crippen MR) is 120 cm³/mol. The van der Waals surface area contributed by atoms with E-state index in [0.29, 0.717) is 0 Å². The minimum absolute atomic E-state index is 0.0516. The van der Waals surface area contributed by atoms with Crippen molar-refractivity contribution < 1.29 is 4.79 Å². The Bertz CT molecular complexity index is 1140. The summed E-state index contributed by atoms with van der Waals surface area (Å²) >= 11 is 1.39. The largest absolute Gasteiger partial charge is 0.342 e. The maximum Gasteiger partial charge on any atom is 0.234 e. The number of aromatic nitrogens is 5. The molecule has 0 radical (unpaired) electrons. The van der Waals surface area contributed by atoms with E-state index in [1.807, 2.05) is 67.9 Å². The zero-order chi connectivity index (χ0) is 21.1. The number of thioether (sulfide) groups is 1. The molecule has 0 saturated carbocycles. The summed E-state index contributed by atoms with van der Waals surface area (Å²) in [6.07, 6.45) is 1.47. The lowest BCUT2D eigenvalue weighted by molar-refractivity contribution is -0.113. The number of para-hydroxylation sites is 3. The van der Waals surface area contributed by atoms with Crippen molar-refractivity contribution >= 4 is 34.4 Å². The molecule has 0 aliphatic rings. The Kier molecular flexibility index (Phi) is 5.85. The van der Waals surface area contributed by atoms with Crippen LogP contribution in [0.15, 0.2) is 47.6 Å². The normalized spacial score (nSPS) is 11.2. The van der Waals surface area contributed by atoms with Gasteiger partial charge in [-0.15, -0.1) is 10.2 Å². The smallest absolute Gasteiger partial charge is 0.234 e. The second-order valence-electron chi connectivity index (χ2n) is 7.26. The van der Waals surface area contributed by atoms with Gasteiger partial charge in [-0.1, -0.05) is 42.1 Å². The number of hydrogen-bond acceptors (Lipinski definition) is 5. The van der Waals surface area contributed by atoms with Crippen LogP contribution in [0.4, 0.5) is 5.69 Å². The van der Waals surface area contributed by atoms with Gasteiger partial charge >= 0.3 is 0 Å². The summed E-state index contributed by atoms with van der Waals surface area (Å²) in [6.45, 7) is 3.99. The van der Waals surface area contributed by atoms with E-state index in [1.54, 1.807) is 0 Å². The zero-order valence-corrected chi connectivity index (χ0v) is 18.1. The van der Waals surface area contributed by atoms with Gasteiger partial charge in [0.25, 0.3) is 0 Å². The highest BCUT2D eigenvalue weighted by Crippen LogP contribution is 2.21. The lowest BCUT2D eigenvalue weighted by Crippen LogP contribution is -2.16. The van der Waals surface area contributed by atoms with Gasteiger partial charge in [-0.05, 0) is 37.1 Å². The minimum atomic E-state index is -0.0516. The number of nitrogens with one attached hydrogen (secondary N) is 2. The topological polar surface area (TPSA) is 88.5 Å². The summed E-state index contributed by atoms with van der Waals surface area (Å²) in [6, 6.07) is 14.0. The van der Waals surface area contributed by atoms with E-state index < -0.39 is 0 Å². The Morgan fingerprint density at radius 2 is 1.83 bits per heavy atom. The molecule has 0 saturated heterocycles. The molecule has 7 nitrogen and oxygen atoms in total. The van der Waals surface area contributed by atoms with Gasteiger partial charge in [0.1, 0.15) is 11.6 Å². The van der Waals surface area contributed by atoms with E-state index in [0.717, 1.165) is 57.5 Å². The Morgan fingerprint density at radius 1 is 1.07 bits per heavy atom. The van der Waals surface area contributed by atoms with Gasteiger partial charge < -0.3 is 14.9 Å². The monoisotopic (exact) mass is 420 g/mol. The van der Waals surface area contributed by atoms with E-state index >= 15 is 0 Å². The molecular weight excluding hydrogens is 396 g/mol. The average molecular weight is 421 g/mol. The first kappa shape index (κ1) is 20.2.